The normalized spacial score (nSPS) is 19.1. The van der Waals surface area contributed by atoms with Gasteiger partial charge >= 0.3 is 0 Å². The third-order valence-electron chi connectivity index (χ3n) is 3.74. The SMILES string of the molecule is CC(C)CN(CC1CCCN1)c1nc2ccccc2s1. The Kier molecular flexibility index (Phi) is 4.22. The van der Waals surface area contributed by atoms with Crippen LogP contribution in [0.4, 0.5) is 5.13 Å². The molecule has 1 unspecified atom stereocenters. The molecule has 0 bridgehead atoms. The molecule has 20 heavy (non-hydrogen) atoms. The molecule has 3 nitrogen and oxygen atoms in total. The lowest BCUT2D eigenvalue weighted by atomic mass is 10.2. The first kappa shape index (κ1) is 13.8. The van der Waals surface area contributed by atoms with Gasteiger partial charge in [0.25, 0.3) is 0 Å². The third-order valence-corrected chi connectivity index (χ3v) is 4.84. The van der Waals surface area contributed by atoms with Crippen LogP contribution in [0.5, 0.6) is 0 Å². The van der Waals surface area contributed by atoms with Crippen molar-refractivity contribution in [3.63, 3.8) is 0 Å². The highest BCUT2D eigenvalue weighted by Crippen LogP contribution is 2.29. The number of benzene rings is 1. The van der Waals surface area contributed by atoms with Gasteiger partial charge < -0.3 is 10.2 Å². The summed E-state index contributed by atoms with van der Waals surface area (Å²) < 4.78 is 1.29. The molecular weight excluding hydrogens is 266 g/mol. The van der Waals surface area contributed by atoms with Gasteiger partial charge in [-0.2, -0.15) is 0 Å². The van der Waals surface area contributed by atoms with Gasteiger partial charge in [-0.1, -0.05) is 37.3 Å². The van der Waals surface area contributed by atoms with Gasteiger partial charge in [-0.25, -0.2) is 4.98 Å². The number of fused-ring (bicyclic) bond motifs is 1. The Hall–Kier alpha value is -1.13. The third kappa shape index (κ3) is 3.13. The molecule has 108 valence electrons. The Morgan fingerprint density at radius 2 is 2.25 bits per heavy atom. The lowest BCUT2D eigenvalue weighted by molar-refractivity contribution is 0.540. The fourth-order valence-electron chi connectivity index (χ4n) is 2.85. The van der Waals surface area contributed by atoms with Crippen LogP contribution in [-0.4, -0.2) is 30.7 Å². The second-order valence-electron chi connectivity index (χ2n) is 6.06. The fraction of sp³-hybridized carbons (Fsp3) is 0.562. The summed E-state index contributed by atoms with van der Waals surface area (Å²) in [4.78, 5) is 7.30. The molecule has 3 rings (SSSR count). The van der Waals surface area contributed by atoms with E-state index in [-0.39, 0.29) is 0 Å². The van der Waals surface area contributed by atoms with E-state index in [0.29, 0.717) is 12.0 Å². The summed E-state index contributed by atoms with van der Waals surface area (Å²) >= 11 is 1.82. The molecular formula is C16H23N3S. The number of thiazole rings is 1. The zero-order chi connectivity index (χ0) is 13.9. The molecule has 1 aliphatic rings. The van der Waals surface area contributed by atoms with Gasteiger partial charge in [0.1, 0.15) is 0 Å². The van der Waals surface area contributed by atoms with Crippen molar-refractivity contribution in [1.29, 1.82) is 0 Å². The second kappa shape index (κ2) is 6.10. The summed E-state index contributed by atoms with van der Waals surface area (Å²) in [7, 11) is 0. The Bertz CT molecular complexity index is 525. The predicted molar refractivity (Wildman–Crippen MR) is 87.7 cm³/mol. The van der Waals surface area contributed by atoms with Gasteiger partial charge in [0, 0.05) is 19.1 Å². The molecule has 0 spiro atoms. The van der Waals surface area contributed by atoms with E-state index in [9.17, 15) is 0 Å². The number of aromatic nitrogens is 1. The molecule has 0 amide bonds. The Morgan fingerprint density at radius 3 is 2.95 bits per heavy atom. The highest BCUT2D eigenvalue weighted by Gasteiger charge is 2.20. The standard InChI is InChI=1S/C16H23N3S/c1-12(2)10-19(11-13-6-5-9-17-13)16-18-14-7-3-4-8-15(14)20-16/h3-4,7-8,12-13,17H,5-6,9-11H2,1-2H3. The molecule has 1 aromatic heterocycles. The first-order valence-corrected chi connectivity index (χ1v) is 8.38. The Morgan fingerprint density at radius 1 is 1.40 bits per heavy atom. The van der Waals surface area contributed by atoms with E-state index in [0.717, 1.165) is 18.6 Å². The van der Waals surface area contributed by atoms with Crippen molar-refractivity contribution in [3.8, 4) is 0 Å². The highest BCUT2D eigenvalue weighted by molar-refractivity contribution is 7.22. The van der Waals surface area contributed by atoms with E-state index in [1.807, 2.05) is 11.3 Å². The number of nitrogens with one attached hydrogen (secondary N) is 1. The number of anilines is 1. The highest BCUT2D eigenvalue weighted by atomic mass is 32.1. The summed E-state index contributed by atoms with van der Waals surface area (Å²) in [5.41, 5.74) is 1.13. The largest absolute Gasteiger partial charge is 0.346 e. The minimum absolute atomic E-state index is 0.626. The quantitative estimate of drug-likeness (QED) is 0.913. The molecule has 1 saturated heterocycles. The Balaban J connectivity index is 1.82. The molecule has 1 N–H and O–H groups in total. The van der Waals surface area contributed by atoms with Crippen LogP contribution in [0.2, 0.25) is 0 Å². The van der Waals surface area contributed by atoms with Crippen LogP contribution in [0.15, 0.2) is 24.3 Å². The topological polar surface area (TPSA) is 28.2 Å². The molecule has 1 atom stereocenters. The van der Waals surface area contributed by atoms with E-state index in [2.05, 4.69) is 48.3 Å². The monoisotopic (exact) mass is 289 g/mol. The first-order chi connectivity index (χ1) is 9.72. The number of para-hydroxylation sites is 1. The smallest absolute Gasteiger partial charge is 0.186 e. The fourth-order valence-corrected chi connectivity index (χ4v) is 3.83. The van der Waals surface area contributed by atoms with Crippen LogP contribution >= 0.6 is 11.3 Å². The van der Waals surface area contributed by atoms with E-state index < -0.39 is 0 Å². The molecule has 0 radical (unpaired) electrons. The summed E-state index contributed by atoms with van der Waals surface area (Å²) in [6.45, 7) is 7.89. The summed E-state index contributed by atoms with van der Waals surface area (Å²) in [6, 6.07) is 9.06. The minimum atomic E-state index is 0.626. The van der Waals surface area contributed by atoms with Crippen molar-refractivity contribution in [2.24, 2.45) is 5.92 Å². The molecule has 1 fully saturated rings. The van der Waals surface area contributed by atoms with Crippen LogP contribution in [0.3, 0.4) is 0 Å². The second-order valence-corrected chi connectivity index (χ2v) is 7.07. The minimum Gasteiger partial charge on any atom is -0.346 e. The Labute approximate surface area is 125 Å². The van der Waals surface area contributed by atoms with Gasteiger partial charge in [-0.15, -0.1) is 0 Å². The van der Waals surface area contributed by atoms with Gasteiger partial charge in [-0.3, -0.25) is 0 Å². The van der Waals surface area contributed by atoms with E-state index in [1.165, 1.54) is 29.2 Å². The van der Waals surface area contributed by atoms with E-state index >= 15 is 0 Å². The molecule has 4 heteroatoms. The van der Waals surface area contributed by atoms with Gasteiger partial charge in [0.2, 0.25) is 0 Å². The average molecular weight is 289 g/mol. The van der Waals surface area contributed by atoms with E-state index in [1.54, 1.807) is 0 Å². The summed E-state index contributed by atoms with van der Waals surface area (Å²) in [6.07, 6.45) is 2.60. The summed E-state index contributed by atoms with van der Waals surface area (Å²) in [5, 5.41) is 4.77. The maximum Gasteiger partial charge on any atom is 0.186 e. The van der Waals surface area contributed by atoms with E-state index in [4.69, 9.17) is 4.98 Å². The zero-order valence-corrected chi connectivity index (χ0v) is 13.1. The maximum absolute atomic E-state index is 4.82. The zero-order valence-electron chi connectivity index (χ0n) is 12.3. The number of hydrogen-bond acceptors (Lipinski definition) is 4. The van der Waals surface area contributed by atoms with Crippen LogP contribution in [0.1, 0.15) is 26.7 Å². The lowest BCUT2D eigenvalue weighted by Gasteiger charge is -2.27. The van der Waals surface area contributed by atoms with Crippen molar-refractivity contribution < 1.29 is 0 Å². The molecule has 1 aliphatic heterocycles. The van der Waals surface area contributed by atoms with Gasteiger partial charge in [0.15, 0.2) is 5.13 Å². The van der Waals surface area contributed by atoms with Gasteiger partial charge in [0.05, 0.1) is 10.2 Å². The number of rotatable bonds is 5. The van der Waals surface area contributed by atoms with Crippen molar-refractivity contribution >= 4 is 26.7 Å². The molecule has 2 heterocycles. The summed E-state index contributed by atoms with van der Waals surface area (Å²) in [5.74, 6) is 0.656. The first-order valence-electron chi connectivity index (χ1n) is 7.56. The maximum atomic E-state index is 4.82. The number of nitrogens with zero attached hydrogens (tertiary/aromatic N) is 2. The van der Waals surface area contributed by atoms with Gasteiger partial charge in [-0.05, 0) is 37.4 Å². The molecule has 1 aromatic carbocycles. The molecule has 0 saturated carbocycles. The van der Waals surface area contributed by atoms with Crippen LogP contribution < -0.4 is 10.2 Å². The van der Waals surface area contributed by atoms with Crippen molar-refractivity contribution in [1.82, 2.24) is 10.3 Å². The lowest BCUT2D eigenvalue weighted by Crippen LogP contribution is -2.39. The van der Waals surface area contributed by atoms with Crippen molar-refractivity contribution in [2.45, 2.75) is 32.7 Å². The predicted octanol–water partition coefficient (Wildman–Crippen LogP) is 3.51. The van der Waals surface area contributed by atoms with Crippen molar-refractivity contribution in [3.05, 3.63) is 24.3 Å². The van der Waals surface area contributed by atoms with Crippen molar-refractivity contribution in [2.75, 3.05) is 24.5 Å². The average Bonchev–Trinajstić information content (AvgIpc) is 3.05. The molecule has 2 aromatic rings. The van der Waals surface area contributed by atoms with Crippen LogP contribution in [0.25, 0.3) is 10.2 Å². The van der Waals surface area contributed by atoms with Crippen LogP contribution in [0, 0.1) is 5.92 Å². The number of hydrogen-bond donors (Lipinski definition) is 1. The molecule has 0 aliphatic carbocycles. The van der Waals surface area contributed by atoms with Crippen LogP contribution in [-0.2, 0) is 0 Å².